The first-order valence-electron chi connectivity index (χ1n) is 12.6. The van der Waals surface area contributed by atoms with Crippen LogP contribution in [0.3, 0.4) is 0 Å². The highest BCUT2D eigenvalue weighted by Gasteiger charge is 2.56. The van der Waals surface area contributed by atoms with Gasteiger partial charge >= 0.3 is 6.72 Å². The summed E-state index contributed by atoms with van der Waals surface area (Å²) < 4.78 is 40.2. The van der Waals surface area contributed by atoms with Crippen LogP contribution in [0.2, 0.25) is 0 Å². The molecule has 6 rings (SSSR count). The number of H-pyrrole nitrogens is 1. The summed E-state index contributed by atoms with van der Waals surface area (Å²) in [5.41, 5.74) is 8.81. The van der Waals surface area contributed by atoms with Gasteiger partial charge < -0.3 is 45.7 Å². The van der Waals surface area contributed by atoms with Crippen molar-refractivity contribution in [1.82, 2.24) is 39.0 Å². The molecule has 2 aliphatic rings. The molecule has 9 atom stereocenters. The van der Waals surface area contributed by atoms with Gasteiger partial charge in [0.2, 0.25) is 5.95 Å². The predicted octanol–water partition coefficient (Wildman–Crippen LogP) is -2.41. The van der Waals surface area contributed by atoms with Gasteiger partial charge in [-0.1, -0.05) is 5.92 Å². The number of hydrogen-bond donors (Lipinski definition) is 7. The summed E-state index contributed by atoms with van der Waals surface area (Å²) in [6, 6.07) is 0. The van der Waals surface area contributed by atoms with E-state index in [0.717, 1.165) is 10.9 Å². The van der Waals surface area contributed by atoms with Crippen LogP contribution < -0.4 is 17.0 Å². The van der Waals surface area contributed by atoms with Gasteiger partial charge in [-0.05, 0) is 11.8 Å². The zero-order chi connectivity index (χ0) is 31.6. The van der Waals surface area contributed by atoms with E-state index < -0.39 is 74.1 Å². The van der Waals surface area contributed by atoms with Crippen LogP contribution in [0.15, 0.2) is 23.8 Å². The minimum atomic E-state index is -4.45. The molecule has 2 fully saturated rings. The van der Waals surface area contributed by atoms with Gasteiger partial charge in [0.15, 0.2) is 46.9 Å². The predicted molar refractivity (Wildman–Crippen MR) is 149 cm³/mol. The summed E-state index contributed by atoms with van der Waals surface area (Å²) in [5.74, 6) is 2.02. The van der Waals surface area contributed by atoms with Crippen LogP contribution in [0, 0.1) is 12.3 Å². The van der Waals surface area contributed by atoms with Crippen molar-refractivity contribution in [2.24, 2.45) is 0 Å². The molecule has 1 unspecified atom stereocenters. The van der Waals surface area contributed by atoms with Crippen molar-refractivity contribution in [2.45, 2.75) is 48.6 Å². The molecule has 0 aliphatic carbocycles. The van der Waals surface area contributed by atoms with Crippen molar-refractivity contribution in [1.29, 1.82) is 0 Å². The van der Waals surface area contributed by atoms with E-state index in [1.54, 1.807) is 0 Å². The van der Waals surface area contributed by atoms with Gasteiger partial charge in [-0.2, -0.15) is 4.98 Å². The Labute approximate surface area is 249 Å². The number of ether oxygens (including phenoxy) is 2. The van der Waals surface area contributed by atoms with Gasteiger partial charge in [-0.3, -0.25) is 23.4 Å². The van der Waals surface area contributed by atoms with Crippen molar-refractivity contribution < 1.29 is 43.1 Å². The standard InChI is InChI=1S/C22H24FN10O9PS/c1-2-22(14(36)12(35)19(41-22)32-6-28-10-15(24)26-5-27-16(10)32)4-39-43(38,44)42-13-9(23)8(3-34)40-20(13)33-7-29-11-17(33)30-21(25)31-18(11)37/h1,5-9,12-14,19-20,34-36H,3-4H2,(H,38,44)(H2,24,26,27)(H3,25,30,31,37)/t8-,9+,12-,13-,14+,19-,20-,22-,43?/m1/s1. The lowest BCUT2D eigenvalue weighted by atomic mass is 9.97. The van der Waals surface area contributed by atoms with Crippen molar-refractivity contribution in [3.05, 3.63) is 29.3 Å². The number of aliphatic hydroxyl groups is 3. The Bertz CT molecular complexity index is 1880. The van der Waals surface area contributed by atoms with Crippen LogP contribution in [0.4, 0.5) is 16.2 Å². The number of aromatic amines is 1. The van der Waals surface area contributed by atoms with Crippen LogP contribution in [-0.2, 0) is 30.3 Å². The number of nitrogens with one attached hydrogen (secondary N) is 1. The summed E-state index contributed by atoms with van der Waals surface area (Å²) in [4.78, 5) is 45.4. The van der Waals surface area contributed by atoms with E-state index in [2.05, 4.69) is 35.8 Å². The Kier molecular flexibility index (Phi) is 7.61. The molecule has 0 saturated carbocycles. The highest BCUT2D eigenvalue weighted by Crippen LogP contribution is 2.52. The summed E-state index contributed by atoms with van der Waals surface area (Å²) >= 11 is 5.12. The molecular weight excluding hydrogens is 630 g/mol. The average molecular weight is 655 g/mol. The number of aliphatic hydroxyl groups excluding tert-OH is 3. The third-order valence-corrected chi connectivity index (χ3v) is 8.74. The molecule has 9 N–H and O–H groups in total. The quantitative estimate of drug-likeness (QED) is 0.0770. The highest BCUT2D eigenvalue weighted by atomic mass is 32.5. The van der Waals surface area contributed by atoms with E-state index in [-0.39, 0.29) is 34.1 Å². The Morgan fingerprint density at radius 3 is 2.59 bits per heavy atom. The first kappa shape index (κ1) is 30.4. The lowest BCUT2D eigenvalue weighted by molar-refractivity contribution is -0.0908. The zero-order valence-corrected chi connectivity index (χ0v) is 23.8. The fourth-order valence-corrected chi connectivity index (χ4v) is 6.41. The molecule has 234 valence electrons. The second-order valence-electron chi connectivity index (χ2n) is 9.84. The van der Waals surface area contributed by atoms with Gasteiger partial charge in [0, 0.05) is 0 Å². The molecule has 0 amide bonds. The molecule has 4 aromatic rings. The molecule has 22 heteroatoms. The Hall–Kier alpha value is -3.68. The van der Waals surface area contributed by atoms with E-state index in [4.69, 9.17) is 48.2 Å². The number of aromatic nitrogens is 8. The molecule has 2 saturated heterocycles. The van der Waals surface area contributed by atoms with Gasteiger partial charge in [0.25, 0.3) is 5.56 Å². The molecule has 44 heavy (non-hydrogen) atoms. The fourth-order valence-electron chi connectivity index (χ4n) is 5.01. The maximum absolute atomic E-state index is 15.4. The van der Waals surface area contributed by atoms with Crippen LogP contribution in [0.1, 0.15) is 12.5 Å². The molecule has 0 bridgehead atoms. The number of imidazole rings is 2. The van der Waals surface area contributed by atoms with Crippen molar-refractivity contribution >= 4 is 52.6 Å². The van der Waals surface area contributed by atoms with Gasteiger partial charge in [0.1, 0.15) is 36.3 Å². The third-order valence-electron chi connectivity index (χ3n) is 7.20. The lowest BCUT2D eigenvalue weighted by Crippen LogP contribution is -2.45. The number of nitrogens with zero attached hydrogens (tertiary/aromatic N) is 7. The maximum Gasteiger partial charge on any atom is 0.325 e. The Morgan fingerprint density at radius 1 is 1.18 bits per heavy atom. The molecule has 4 aromatic heterocycles. The normalized spacial score (nSPS) is 31.9. The van der Waals surface area contributed by atoms with Gasteiger partial charge in [-0.25, -0.2) is 24.3 Å². The lowest BCUT2D eigenvalue weighted by Gasteiger charge is -2.30. The van der Waals surface area contributed by atoms with Crippen molar-refractivity contribution in [2.75, 3.05) is 24.7 Å². The molecule has 0 aromatic carbocycles. The molecule has 19 nitrogen and oxygen atoms in total. The monoisotopic (exact) mass is 654 g/mol. The fraction of sp³-hybridized carbons (Fsp3) is 0.455. The SMILES string of the molecule is C#C[C@]1(COP(O)(=S)O[C@@H]2[C@@H](F)[C@@H](CO)O[C@H]2n2cnc3c(=O)[nH]c(N)nc32)O[C@@H](n2cnc3c(N)ncnc32)[C@H](O)[C@@H]1O. The van der Waals surface area contributed by atoms with E-state index >= 15 is 4.39 Å². The van der Waals surface area contributed by atoms with E-state index in [1.165, 1.54) is 17.2 Å². The minimum absolute atomic E-state index is 0.0602. The number of nitrogen functional groups attached to an aromatic ring is 2. The number of hydrogen-bond acceptors (Lipinski definition) is 16. The molecule has 0 spiro atoms. The highest BCUT2D eigenvalue weighted by molar-refractivity contribution is 8.07. The summed E-state index contributed by atoms with van der Waals surface area (Å²) in [6.45, 7) is -6.06. The number of fused-ring (bicyclic) bond motifs is 2. The molecular formula is C22H24FN10O9PS. The second-order valence-corrected chi connectivity index (χ2v) is 12.6. The second kappa shape index (κ2) is 11.0. The number of anilines is 2. The van der Waals surface area contributed by atoms with Crippen molar-refractivity contribution in [3.8, 4) is 12.3 Å². The number of alkyl halides is 1. The van der Waals surface area contributed by atoms with Gasteiger partial charge in [-0.15, -0.1) is 6.42 Å². The van der Waals surface area contributed by atoms with Crippen LogP contribution in [0.25, 0.3) is 22.3 Å². The van der Waals surface area contributed by atoms with E-state index in [1.807, 2.05) is 0 Å². The number of terminal acetylenes is 1. The smallest absolute Gasteiger partial charge is 0.325 e. The maximum atomic E-state index is 15.4. The number of halogens is 1. The first-order chi connectivity index (χ1) is 20.9. The minimum Gasteiger partial charge on any atom is -0.394 e. The topological polar surface area (TPSA) is 277 Å². The molecule has 6 heterocycles. The zero-order valence-electron chi connectivity index (χ0n) is 22.1. The first-order valence-corrected chi connectivity index (χ1v) is 15.2. The summed E-state index contributed by atoms with van der Waals surface area (Å²) in [5, 5.41) is 31.4. The summed E-state index contributed by atoms with van der Waals surface area (Å²) in [7, 11) is 0. The van der Waals surface area contributed by atoms with Crippen LogP contribution >= 0.6 is 6.72 Å². The van der Waals surface area contributed by atoms with Crippen molar-refractivity contribution in [3.63, 3.8) is 0 Å². The largest absolute Gasteiger partial charge is 0.394 e. The number of nitrogens with two attached hydrogens (primary N) is 2. The third kappa shape index (κ3) is 4.90. The average Bonchev–Trinajstić information content (AvgIpc) is 3.73. The van der Waals surface area contributed by atoms with E-state index in [9.17, 15) is 25.0 Å². The molecule has 2 aliphatic heterocycles. The van der Waals surface area contributed by atoms with Crippen LogP contribution in [-0.4, -0.2) is 109 Å². The van der Waals surface area contributed by atoms with Crippen LogP contribution in [0.5, 0.6) is 0 Å². The Balaban J connectivity index is 1.24. The molecule has 0 radical (unpaired) electrons. The number of rotatable bonds is 8. The van der Waals surface area contributed by atoms with Gasteiger partial charge in [0.05, 0.1) is 25.9 Å². The Morgan fingerprint density at radius 2 is 1.89 bits per heavy atom. The summed E-state index contributed by atoms with van der Waals surface area (Å²) in [6.07, 6.45) is -2.24. The van der Waals surface area contributed by atoms with E-state index in [0.29, 0.717) is 0 Å².